The van der Waals surface area contributed by atoms with Gasteiger partial charge >= 0.3 is 0 Å². The van der Waals surface area contributed by atoms with Crippen molar-refractivity contribution in [3.8, 4) is 17.3 Å². The molecule has 2 aromatic heterocycles. The van der Waals surface area contributed by atoms with Crippen LogP contribution in [0.5, 0.6) is 11.5 Å². The van der Waals surface area contributed by atoms with E-state index in [1.165, 1.54) is 17.3 Å². The highest BCUT2D eigenvalue weighted by molar-refractivity contribution is 5.97. The molecule has 0 bridgehead atoms. The summed E-state index contributed by atoms with van der Waals surface area (Å²) in [6.07, 6.45) is 4.49. The van der Waals surface area contributed by atoms with Gasteiger partial charge in [-0.25, -0.2) is 14.6 Å². The molecule has 0 saturated carbocycles. The van der Waals surface area contributed by atoms with Crippen molar-refractivity contribution in [3.63, 3.8) is 0 Å². The van der Waals surface area contributed by atoms with E-state index in [1.54, 1.807) is 18.3 Å². The second-order valence-corrected chi connectivity index (χ2v) is 5.08. The Morgan fingerprint density at radius 2 is 2.17 bits per heavy atom. The van der Waals surface area contributed by atoms with Crippen molar-refractivity contribution < 1.29 is 14.3 Å². The zero-order valence-electron chi connectivity index (χ0n) is 12.5. The van der Waals surface area contributed by atoms with E-state index in [9.17, 15) is 4.79 Å². The summed E-state index contributed by atoms with van der Waals surface area (Å²) in [6, 6.07) is 8.96. The fourth-order valence-electron chi connectivity index (χ4n) is 2.40. The van der Waals surface area contributed by atoms with Crippen LogP contribution in [0, 0.1) is 0 Å². The molecule has 120 valence electrons. The highest BCUT2D eigenvalue weighted by Gasteiger charge is 2.16. The van der Waals surface area contributed by atoms with Gasteiger partial charge in [0.1, 0.15) is 12.7 Å². The van der Waals surface area contributed by atoms with Crippen LogP contribution in [-0.2, 0) is 6.54 Å². The SMILES string of the molecule is O=C(NCc1ccc2c(c1)OCO2)c1cccnc1-n1cncn1. The molecule has 0 aliphatic carbocycles. The molecule has 0 spiro atoms. The van der Waals surface area contributed by atoms with Crippen molar-refractivity contribution in [2.24, 2.45) is 0 Å². The molecule has 1 aliphatic rings. The Hall–Kier alpha value is -3.42. The quantitative estimate of drug-likeness (QED) is 0.778. The van der Waals surface area contributed by atoms with Crippen LogP contribution >= 0.6 is 0 Å². The van der Waals surface area contributed by atoms with Crippen LogP contribution in [0.15, 0.2) is 49.2 Å². The van der Waals surface area contributed by atoms with Crippen molar-refractivity contribution in [1.29, 1.82) is 0 Å². The molecule has 8 heteroatoms. The molecule has 1 aliphatic heterocycles. The Kier molecular flexibility index (Phi) is 3.54. The zero-order chi connectivity index (χ0) is 16.4. The lowest BCUT2D eigenvalue weighted by Gasteiger charge is -2.09. The number of carbonyl (C=O) groups excluding carboxylic acids is 1. The third-order valence-electron chi connectivity index (χ3n) is 3.56. The van der Waals surface area contributed by atoms with Crippen LogP contribution in [-0.4, -0.2) is 32.4 Å². The van der Waals surface area contributed by atoms with Crippen LogP contribution in [0.2, 0.25) is 0 Å². The van der Waals surface area contributed by atoms with E-state index in [-0.39, 0.29) is 12.7 Å². The minimum atomic E-state index is -0.244. The van der Waals surface area contributed by atoms with Gasteiger partial charge in [-0.2, -0.15) is 5.10 Å². The van der Waals surface area contributed by atoms with E-state index in [1.807, 2.05) is 18.2 Å². The van der Waals surface area contributed by atoms with E-state index in [2.05, 4.69) is 20.4 Å². The lowest BCUT2D eigenvalue weighted by atomic mass is 10.2. The smallest absolute Gasteiger partial charge is 0.255 e. The van der Waals surface area contributed by atoms with E-state index >= 15 is 0 Å². The average Bonchev–Trinajstić information content (AvgIpc) is 3.30. The highest BCUT2D eigenvalue weighted by Crippen LogP contribution is 2.32. The highest BCUT2D eigenvalue weighted by atomic mass is 16.7. The molecule has 1 aromatic carbocycles. The second kappa shape index (κ2) is 5.99. The summed E-state index contributed by atoms with van der Waals surface area (Å²) in [5.41, 5.74) is 1.34. The third-order valence-corrected chi connectivity index (χ3v) is 3.56. The van der Waals surface area contributed by atoms with Crippen molar-refractivity contribution >= 4 is 5.91 Å². The maximum Gasteiger partial charge on any atom is 0.255 e. The molecule has 0 saturated heterocycles. The lowest BCUT2D eigenvalue weighted by molar-refractivity contribution is 0.0950. The number of aromatic nitrogens is 4. The summed E-state index contributed by atoms with van der Waals surface area (Å²) >= 11 is 0. The predicted octanol–water partition coefficient (Wildman–Crippen LogP) is 1.32. The van der Waals surface area contributed by atoms with Gasteiger partial charge in [0.2, 0.25) is 6.79 Å². The van der Waals surface area contributed by atoms with Gasteiger partial charge in [0.05, 0.1) is 5.56 Å². The summed E-state index contributed by atoms with van der Waals surface area (Å²) in [5, 5.41) is 6.89. The van der Waals surface area contributed by atoms with E-state index < -0.39 is 0 Å². The molecule has 1 N–H and O–H groups in total. The molecule has 3 aromatic rings. The maximum absolute atomic E-state index is 12.5. The number of pyridine rings is 1. The summed E-state index contributed by atoms with van der Waals surface area (Å²) in [5.74, 6) is 1.58. The van der Waals surface area contributed by atoms with Crippen molar-refractivity contribution in [3.05, 3.63) is 60.3 Å². The van der Waals surface area contributed by atoms with Crippen LogP contribution in [0.3, 0.4) is 0 Å². The third kappa shape index (κ3) is 2.65. The van der Waals surface area contributed by atoms with Gasteiger partial charge in [0.25, 0.3) is 5.91 Å². The number of rotatable bonds is 4. The second-order valence-electron chi connectivity index (χ2n) is 5.08. The molecular weight excluding hydrogens is 310 g/mol. The zero-order valence-corrected chi connectivity index (χ0v) is 12.5. The first-order valence-corrected chi connectivity index (χ1v) is 7.28. The van der Waals surface area contributed by atoms with Crippen LogP contribution < -0.4 is 14.8 Å². The van der Waals surface area contributed by atoms with Gasteiger partial charge in [0, 0.05) is 12.7 Å². The molecule has 0 fully saturated rings. The first-order chi connectivity index (χ1) is 11.8. The minimum Gasteiger partial charge on any atom is -0.454 e. The van der Waals surface area contributed by atoms with Gasteiger partial charge in [-0.3, -0.25) is 4.79 Å². The number of carbonyl (C=O) groups is 1. The molecule has 0 radical (unpaired) electrons. The number of benzene rings is 1. The number of amides is 1. The summed E-state index contributed by atoms with van der Waals surface area (Å²) < 4.78 is 12.1. The first-order valence-electron chi connectivity index (χ1n) is 7.28. The molecule has 24 heavy (non-hydrogen) atoms. The van der Waals surface area contributed by atoms with Crippen LogP contribution in [0.25, 0.3) is 5.82 Å². The maximum atomic E-state index is 12.5. The Labute approximate surface area is 137 Å². The van der Waals surface area contributed by atoms with Gasteiger partial charge < -0.3 is 14.8 Å². The summed E-state index contributed by atoms with van der Waals surface area (Å²) in [4.78, 5) is 20.6. The molecule has 1 amide bonds. The normalized spacial score (nSPS) is 12.2. The van der Waals surface area contributed by atoms with Crippen molar-refractivity contribution in [1.82, 2.24) is 25.1 Å². The van der Waals surface area contributed by atoms with Crippen molar-refractivity contribution in [2.75, 3.05) is 6.79 Å². The number of nitrogens with zero attached hydrogens (tertiary/aromatic N) is 4. The lowest BCUT2D eigenvalue weighted by Crippen LogP contribution is -2.24. The van der Waals surface area contributed by atoms with E-state index in [0.29, 0.717) is 29.4 Å². The van der Waals surface area contributed by atoms with Gasteiger partial charge in [-0.05, 0) is 29.8 Å². The summed E-state index contributed by atoms with van der Waals surface area (Å²) in [7, 11) is 0. The van der Waals surface area contributed by atoms with Gasteiger partial charge in [-0.1, -0.05) is 6.07 Å². The fraction of sp³-hybridized carbons (Fsp3) is 0.125. The standard InChI is InChI=1S/C16H13N5O3/c22-16(12-2-1-5-18-15(12)21-9-17-8-20-21)19-7-11-3-4-13-14(6-11)24-10-23-13/h1-6,8-9H,7,10H2,(H,19,22). The molecule has 4 rings (SSSR count). The molecular formula is C16H13N5O3. The van der Waals surface area contributed by atoms with Crippen LogP contribution in [0.4, 0.5) is 0 Å². The van der Waals surface area contributed by atoms with E-state index in [0.717, 1.165) is 5.56 Å². The molecule has 0 atom stereocenters. The summed E-state index contributed by atoms with van der Waals surface area (Å²) in [6.45, 7) is 0.587. The van der Waals surface area contributed by atoms with E-state index in [4.69, 9.17) is 9.47 Å². The predicted molar refractivity (Wildman–Crippen MR) is 82.9 cm³/mol. The minimum absolute atomic E-state index is 0.224. The number of ether oxygens (including phenoxy) is 2. The van der Waals surface area contributed by atoms with Gasteiger partial charge in [0.15, 0.2) is 17.3 Å². The molecule has 3 heterocycles. The topological polar surface area (TPSA) is 91.2 Å². The monoisotopic (exact) mass is 323 g/mol. The van der Waals surface area contributed by atoms with Crippen LogP contribution in [0.1, 0.15) is 15.9 Å². The molecule has 8 nitrogen and oxygen atoms in total. The largest absolute Gasteiger partial charge is 0.454 e. The van der Waals surface area contributed by atoms with Crippen molar-refractivity contribution in [2.45, 2.75) is 6.54 Å². The number of hydrogen-bond donors (Lipinski definition) is 1. The Bertz CT molecular complexity index is 879. The fourth-order valence-corrected chi connectivity index (χ4v) is 2.40. The van der Waals surface area contributed by atoms with Gasteiger partial charge in [-0.15, -0.1) is 0 Å². The molecule has 0 unspecified atom stereocenters. The first kappa shape index (κ1) is 14.2. The Morgan fingerprint density at radius 1 is 1.25 bits per heavy atom. The number of fused-ring (bicyclic) bond motifs is 1. The Balaban J connectivity index is 1.51. The number of hydrogen-bond acceptors (Lipinski definition) is 6. The Morgan fingerprint density at radius 3 is 3.04 bits per heavy atom. The number of nitrogens with one attached hydrogen (secondary N) is 1. The average molecular weight is 323 g/mol.